The van der Waals surface area contributed by atoms with Gasteiger partial charge in [0.25, 0.3) is 0 Å². The number of carboxylic acids is 1. The van der Waals surface area contributed by atoms with Crippen molar-refractivity contribution in [2.45, 2.75) is 29.5 Å². The van der Waals surface area contributed by atoms with E-state index in [-0.39, 0.29) is 17.1 Å². The molecule has 0 unspecified atom stereocenters. The highest BCUT2D eigenvalue weighted by atomic mass is 32.2. The standard InChI is InChI=1S/C15H19NO3S2/c1-10(9-20)14(17)16-8-12(7-13(16)15(18)19)21-11-5-3-2-4-6-11/h2-6,10,12-13,20H,7-9H2,1H3,(H,18,19)/t10-,12-,13+/m0/s1. The van der Waals surface area contributed by atoms with Gasteiger partial charge in [-0.15, -0.1) is 11.8 Å². The second-order valence-electron chi connectivity index (χ2n) is 5.22. The summed E-state index contributed by atoms with van der Waals surface area (Å²) in [7, 11) is 0. The highest BCUT2D eigenvalue weighted by Crippen LogP contribution is 2.33. The van der Waals surface area contributed by atoms with Crippen LogP contribution in [0.15, 0.2) is 35.2 Å². The van der Waals surface area contributed by atoms with Crippen molar-refractivity contribution < 1.29 is 14.7 Å². The van der Waals surface area contributed by atoms with E-state index in [2.05, 4.69) is 12.6 Å². The van der Waals surface area contributed by atoms with E-state index < -0.39 is 12.0 Å². The van der Waals surface area contributed by atoms with Crippen molar-refractivity contribution in [1.82, 2.24) is 4.90 Å². The summed E-state index contributed by atoms with van der Waals surface area (Å²) >= 11 is 5.77. The third-order valence-electron chi connectivity index (χ3n) is 3.57. The van der Waals surface area contributed by atoms with Crippen LogP contribution in [0.4, 0.5) is 0 Å². The molecule has 1 aromatic carbocycles. The predicted molar refractivity (Wildman–Crippen MR) is 86.9 cm³/mol. The molecule has 0 aliphatic carbocycles. The first-order chi connectivity index (χ1) is 10.0. The molecular formula is C15H19NO3S2. The minimum absolute atomic E-state index is 0.115. The van der Waals surface area contributed by atoms with Crippen LogP contribution in [0, 0.1) is 5.92 Å². The lowest BCUT2D eigenvalue weighted by molar-refractivity contribution is -0.149. The first-order valence-corrected chi connectivity index (χ1v) is 8.40. The maximum Gasteiger partial charge on any atom is 0.326 e. The molecule has 1 aromatic rings. The molecule has 1 aliphatic rings. The summed E-state index contributed by atoms with van der Waals surface area (Å²) < 4.78 is 0. The van der Waals surface area contributed by atoms with Crippen molar-refractivity contribution in [3.8, 4) is 0 Å². The van der Waals surface area contributed by atoms with Gasteiger partial charge in [-0.1, -0.05) is 25.1 Å². The number of likely N-dealkylation sites (tertiary alicyclic amines) is 1. The second-order valence-corrected chi connectivity index (χ2v) is 6.96. The largest absolute Gasteiger partial charge is 0.480 e. The molecule has 0 aromatic heterocycles. The fourth-order valence-corrected chi connectivity index (χ4v) is 3.78. The first kappa shape index (κ1) is 16.2. The van der Waals surface area contributed by atoms with E-state index >= 15 is 0 Å². The monoisotopic (exact) mass is 325 g/mol. The van der Waals surface area contributed by atoms with E-state index in [0.717, 1.165) is 4.90 Å². The van der Waals surface area contributed by atoms with Gasteiger partial charge in [0.05, 0.1) is 0 Å². The van der Waals surface area contributed by atoms with Crippen molar-refractivity contribution >= 4 is 36.3 Å². The van der Waals surface area contributed by atoms with E-state index in [1.165, 1.54) is 4.90 Å². The molecule has 0 bridgehead atoms. The molecule has 1 aliphatic heterocycles. The van der Waals surface area contributed by atoms with Crippen LogP contribution in [-0.2, 0) is 9.59 Å². The van der Waals surface area contributed by atoms with Gasteiger partial charge in [-0.05, 0) is 18.6 Å². The van der Waals surface area contributed by atoms with Gasteiger partial charge >= 0.3 is 5.97 Å². The molecule has 3 atom stereocenters. The van der Waals surface area contributed by atoms with E-state index in [9.17, 15) is 14.7 Å². The third kappa shape index (κ3) is 3.95. The van der Waals surface area contributed by atoms with Gasteiger partial charge in [0, 0.05) is 28.4 Å². The normalized spacial score (nSPS) is 23.0. The molecule has 1 amide bonds. The van der Waals surface area contributed by atoms with Gasteiger partial charge in [-0.3, -0.25) is 4.79 Å². The number of carboxylic acid groups (broad SMARTS) is 1. The Morgan fingerprint density at radius 3 is 2.67 bits per heavy atom. The molecule has 4 nitrogen and oxygen atoms in total. The molecule has 1 fully saturated rings. The Hall–Kier alpha value is -1.14. The number of benzene rings is 1. The molecule has 0 saturated carbocycles. The van der Waals surface area contributed by atoms with Crippen molar-refractivity contribution in [3.05, 3.63) is 30.3 Å². The minimum atomic E-state index is -0.925. The number of nitrogens with zero attached hydrogens (tertiary/aromatic N) is 1. The zero-order valence-corrected chi connectivity index (χ0v) is 13.5. The van der Waals surface area contributed by atoms with Gasteiger partial charge in [0.15, 0.2) is 0 Å². The Balaban J connectivity index is 2.08. The van der Waals surface area contributed by atoms with Gasteiger partial charge in [0.2, 0.25) is 5.91 Å². The number of thioether (sulfide) groups is 1. The van der Waals surface area contributed by atoms with Gasteiger partial charge in [-0.25, -0.2) is 4.79 Å². The Morgan fingerprint density at radius 1 is 1.43 bits per heavy atom. The van der Waals surface area contributed by atoms with Crippen LogP contribution in [0.2, 0.25) is 0 Å². The van der Waals surface area contributed by atoms with Crippen LogP contribution < -0.4 is 0 Å². The van der Waals surface area contributed by atoms with Crippen LogP contribution in [0.25, 0.3) is 0 Å². The number of aliphatic carboxylic acids is 1. The van der Waals surface area contributed by atoms with E-state index in [1.54, 1.807) is 18.7 Å². The zero-order chi connectivity index (χ0) is 15.4. The van der Waals surface area contributed by atoms with Crippen LogP contribution in [-0.4, -0.2) is 45.5 Å². The molecule has 21 heavy (non-hydrogen) atoms. The van der Waals surface area contributed by atoms with E-state index in [4.69, 9.17) is 0 Å². The Morgan fingerprint density at radius 2 is 2.10 bits per heavy atom. The van der Waals surface area contributed by atoms with Crippen LogP contribution in [0.3, 0.4) is 0 Å². The van der Waals surface area contributed by atoms with E-state index in [0.29, 0.717) is 18.7 Å². The van der Waals surface area contributed by atoms with Crippen molar-refractivity contribution in [2.24, 2.45) is 5.92 Å². The topological polar surface area (TPSA) is 57.6 Å². The fourth-order valence-electron chi connectivity index (χ4n) is 2.41. The van der Waals surface area contributed by atoms with Crippen molar-refractivity contribution in [3.63, 3.8) is 0 Å². The molecule has 114 valence electrons. The van der Waals surface area contributed by atoms with Crippen LogP contribution >= 0.6 is 24.4 Å². The van der Waals surface area contributed by atoms with Crippen molar-refractivity contribution in [1.29, 1.82) is 0 Å². The summed E-state index contributed by atoms with van der Waals surface area (Å²) in [5.41, 5.74) is 0. The average molecular weight is 325 g/mol. The number of carbonyl (C=O) groups is 2. The molecule has 0 spiro atoms. The predicted octanol–water partition coefficient (Wildman–Crippen LogP) is 2.40. The number of thiol groups is 1. The Bertz CT molecular complexity index is 509. The van der Waals surface area contributed by atoms with Crippen LogP contribution in [0.1, 0.15) is 13.3 Å². The average Bonchev–Trinajstić information content (AvgIpc) is 2.90. The SMILES string of the molecule is C[C@@H](CS)C(=O)N1C[C@@H](Sc2ccccc2)C[C@@H]1C(=O)O. The molecule has 1 heterocycles. The molecule has 0 radical (unpaired) electrons. The third-order valence-corrected chi connectivity index (χ3v) is 5.34. The highest BCUT2D eigenvalue weighted by molar-refractivity contribution is 8.00. The maximum absolute atomic E-state index is 12.3. The second kappa shape index (κ2) is 7.22. The fraction of sp³-hybridized carbons (Fsp3) is 0.467. The lowest BCUT2D eigenvalue weighted by atomic mass is 10.1. The summed E-state index contributed by atoms with van der Waals surface area (Å²) in [6, 6.07) is 9.14. The molecule has 2 rings (SSSR count). The van der Waals surface area contributed by atoms with E-state index in [1.807, 2.05) is 30.3 Å². The number of rotatable bonds is 5. The molecule has 1 N–H and O–H groups in total. The summed E-state index contributed by atoms with van der Waals surface area (Å²) in [5, 5.41) is 9.46. The molecule has 1 saturated heterocycles. The smallest absolute Gasteiger partial charge is 0.326 e. The van der Waals surface area contributed by atoms with Gasteiger partial charge in [0.1, 0.15) is 6.04 Å². The van der Waals surface area contributed by atoms with Crippen LogP contribution in [0.5, 0.6) is 0 Å². The first-order valence-electron chi connectivity index (χ1n) is 6.88. The van der Waals surface area contributed by atoms with Crippen molar-refractivity contribution in [2.75, 3.05) is 12.3 Å². The lowest BCUT2D eigenvalue weighted by Gasteiger charge is -2.24. The Kier molecular flexibility index (Phi) is 5.58. The summed E-state index contributed by atoms with van der Waals surface area (Å²) in [5.74, 6) is -0.867. The number of hydrogen-bond acceptors (Lipinski definition) is 4. The van der Waals surface area contributed by atoms with Gasteiger partial charge in [-0.2, -0.15) is 12.6 Å². The summed E-state index contributed by atoms with van der Waals surface area (Å²) in [4.78, 5) is 26.3. The minimum Gasteiger partial charge on any atom is -0.480 e. The summed E-state index contributed by atoms with van der Waals surface area (Å²) in [6.07, 6.45) is 0.486. The summed E-state index contributed by atoms with van der Waals surface area (Å²) in [6.45, 7) is 2.26. The zero-order valence-electron chi connectivity index (χ0n) is 11.8. The molecular weight excluding hydrogens is 306 g/mol. The number of amides is 1. The highest BCUT2D eigenvalue weighted by Gasteiger charge is 2.40. The maximum atomic E-state index is 12.3. The molecule has 6 heteroatoms. The van der Waals surface area contributed by atoms with Gasteiger partial charge < -0.3 is 10.0 Å². The lowest BCUT2D eigenvalue weighted by Crippen LogP contribution is -2.43. The quantitative estimate of drug-likeness (QED) is 0.816. The number of carbonyl (C=O) groups excluding carboxylic acids is 1. The Labute approximate surface area is 134 Å². The number of hydrogen-bond donors (Lipinski definition) is 2.